The first-order chi connectivity index (χ1) is 8.86. The molecule has 0 saturated heterocycles. The van der Waals surface area contributed by atoms with Crippen molar-refractivity contribution in [2.24, 2.45) is 0 Å². The predicted molar refractivity (Wildman–Crippen MR) is 69.9 cm³/mol. The van der Waals surface area contributed by atoms with E-state index >= 15 is 0 Å². The Hall–Kier alpha value is -2.35. The summed E-state index contributed by atoms with van der Waals surface area (Å²) < 4.78 is 22.6. The van der Waals surface area contributed by atoms with Gasteiger partial charge in [0.15, 0.2) is 9.84 Å². The van der Waals surface area contributed by atoms with Crippen LogP contribution in [0.25, 0.3) is 0 Å². The molecule has 1 aromatic carbocycles. The van der Waals surface area contributed by atoms with E-state index in [4.69, 9.17) is 5.84 Å². The van der Waals surface area contributed by atoms with Crippen LogP contribution in [0.3, 0.4) is 0 Å². The van der Waals surface area contributed by atoms with Crippen molar-refractivity contribution in [3.63, 3.8) is 0 Å². The van der Waals surface area contributed by atoms with E-state index in [0.29, 0.717) is 11.3 Å². The van der Waals surface area contributed by atoms with Gasteiger partial charge in [0.2, 0.25) is 0 Å². The fourth-order valence-electron chi connectivity index (χ4n) is 1.44. The summed E-state index contributed by atoms with van der Waals surface area (Å²) in [4.78, 5) is 13.0. The van der Waals surface area contributed by atoms with Crippen molar-refractivity contribution in [2.45, 2.75) is 4.90 Å². The van der Waals surface area contributed by atoms with Crippen LogP contribution in [0, 0.1) is 0 Å². The number of nitrogens with zero attached hydrogens (tertiary/aromatic N) is 2. The summed E-state index contributed by atoms with van der Waals surface area (Å²) in [6, 6.07) is 5.89. The molecule has 0 radical (unpaired) electrons. The van der Waals surface area contributed by atoms with Crippen LogP contribution in [0.15, 0.2) is 41.6 Å². The third-order valence-electron chi connectivity index (χ3n) is 2.40. The van der Waals surface area contributed by atoms with Gasteiger partial charge in [0.05, 0.1) is 22.9 Å². The molecule has 3 N–H and O–H groups in total. The van der Waals surface area contributed by atoms with E-state index in [0.717, 1.165) is 11.0 Å². The lowest BCUT2D eigenvalue weighted by Crippen LogP contribution is -2.12. The zero-order valence-electron chi connectivity index (χ0n) is 10.1. The number of sulfone groups is 1. The first-order valence-electron chi connectivity index (χ1n) is 5.27. The number of hydrogen-bond acceptors (Lipinski definition) is 5. The van der Waals surface area contributed by atoms with E-state index in [1.807, 2.05) is 0 Å². The highest BCUT2D eigenvalue weighted by atomic mass is 32.2. The number of rotatable bonds is 3. The van der Waals surface area contributed by atoms with Gasteiger partial charge in [0.1, 0.15) is 0 Å². The molecule has 19 heavy (non-hydrogen) atoms. The van der Waals surface area contributed by atoms with Gasteiger partial charge >= 0.3 is 0 Å². The van der Waals surface area contributed by atoms with E-state index < -0.39 is 9.84 Å². The van der Waals surface area contributed by atoms with Gasteiger partial charge in [-0.05, 0) is 24.3 Å². The molecule has 100 valence electrons. The Morgan fingerprint density at radius 3 is 2.42 bits per heavy atom. The second-order valence-electron chi connectivity index (χ2n) is 3.96. The summed E-state index contributed by atoms with van der Waals surface area (Å²) >= 11 is 0. The number of benzene rings is 1. The summed E-state index contributed by atoms with van der Waals surface area (Å²) in [5.41, 5.74) is 0.803. The van der Waals surface area contributed by atoms with Crippen molar-refractivity contribution < 1.29 is 13.2 Å². The van der Waals surface area contributed by atoms with Crippen molar-refractivity contribution in [3.8, 4) is 0 Å². The van der Waals surface area contributed by atoms with Crippen LogP contribution in [0.1, 0.15) is 10.4 Å². The Bertz CT molecular complexity index is 704. The molecule has 0 bridgehead atoms. The molecule has 1 heterocycles. The molecule has 7 nitrogen and oxygen atoms in total. The van der Waals surface area contributed by atoms with Gasteiger partial charge in [0.25, 0.3) is 5.91 Å². The van der Waals surface area contributed by atoms with Gasteiger partial charge in [0, 0.05) is 11.9 Å². The normalized spacial score (nSPS) is 11.2. The van der Waals surface area contributed by atoms with Crippen LogP contribution >= 0.6 is 0 Å². The fraction of sp³-hybridized carbons (Fsp3) is 0.0909. The highest BCUT2D eigenvalue weighted by Crippen LogP contribution is 2.14. The number of carbonyl (C=O) groups excluding carboxylic acids is 1. The number of nitrogens with two attached hydrogens (primary N) is 1. The van der Waals surface area contributed by atoms with Crippen LogP contribution in [0.4, 0.5) is 5.69 Å². The number of carbonyl (C=O) groups is 1. The third kappa shape index (κ3) is 3.10. The average Bonchev–Trinajstić information content (AvgIpc) is 2.75. The molecule has 0 aliphatic rings. The molecule has 0 atom stereocenters. The Labute approximate surface area is 109 Å². The Kier molecular flexibility index (Phi) is 3.26. The Morgan fingerprint density at radius 1 is 1.32 bits per heavy atom. The van der Waals surface area contributed by atoms with Gasteiger partial charge in [-0.25, -0.2) is 8.42 Å². The molecule has 8 heteroatoms. The minimum atomic E-state index is -3.24. The number of anilines is 1. The van der Waals surface area contributed by atoms with E-state index in [9.17, 15) is 13.2 Å². The number of aromatic nitrogens is 2. The van der Waals surface area contributed by atoms with Gasteiger partial charge in [-0.1, -0.05) is 0 Å². The maximum atomic E-state index is 11.8. The molecule has 1 aromatic heterocycles. The molecule has 2 rings (SSSR count). The summed E-state index contributed by atoms with van der Waals surface area (Å²) in [6.45, 7) is 0. The van der Waals surface area contributed by atoms with Crippen molar-refractivity contribution in [1.29, 1.82) is 0 Å². The minimum absolute atomic E-state index is 0.195. The maximum absolute atomic E-state index is 11.8. The maximum Gasteiger partial charge on any atom is 0.258 e. The van der Waals surface area contributed by atoms with Gasteiger partial charge in [-0.2, -0.15) is 9.89 Å². The Morgan fingerprint density at radius 2 is 1.95 bits per heavy atom. The second kappa shape index (κ2) is 4.73. The standard InChI is InChI=1S/C11H12N4O3S/c1-19(17,18)10-4-2-9(3-5-10)14-11(16)8-6-13-15(12)7-8/h2-7H,12H2,1H3,(H,14,16). The molecule has 0 aliphatic heterocycles. The lowest BCUT2D eigenvalue weighted by atomic mass is 10.3. The topological polar surface area (TPSA) is 107 Å². The van der Waals surface area contributed by atoms with Crippen molar-refractivity contribution in [2.75, 3.05) is 17.4 Å². The predicted octanol–water partition coefficient (Wildman–Crippen LogP) is 0.253. The zero-order chi connectivity index (χ0) is 14.0. The van der Waals surface area contributed by atoms with Crippen molar-refractivity contribution >= 4 is 21.4 Å². The lowest BCUT2D eigenvalue weighted by Gasteiger charge is -2.04. The van der Waals surface area contributed by atoms with E-state index in [2.05, 4.69) is 10.4 Å². The quantitative estimate of drug-likeness (QED) is 0.784. The van der Waals surface area contributed by atoms with Crippen LogP contribution in [-0.2, 0) is 9.84 Å². The van der Waals surface area contributed by atoms with Crippen LogP contribution in [0.2, 0.25) is 0 Å². The second-order valence-corrected chi connectivity index (χ2v) is 5.98. The van der Waals surface area contributed by atoms with Gasteiger partial charge in [-0.15, -0.1) is 0 Å². The molecule has 0 spiro atoms. The van der Waals surface area contributed by atoms with Gasteiger partial charge < -0.3 is 11.2 Å². The largest absolute Gasteiger partial charge is 0.323 e. The fourth-order valence-corrected chi connectivity index (χ4v) is 2.07. The van der Waals surface area contributed by atoms with E-state index in [1.54, 1.807) is 0 Å². The summed E-state index contributed by atoms with van der Waals surface area (Å²) in [6.07, 6.45) is 3.83. The smallest absolute Gasteiger partial charge is 0.258 e. The summed E-state index contributed by atoms with van der Waals surface area (Å²) in [5, 5.41) is 6.29. The van der Waals surface area contributed by atoms with Crippen LogP contribution in [-0.4, -0.2) is 30.5 Å². The molecule has 2 aromatic rings. The first kappa shape index (κ1) is 13.1. The summed E-state index contributed by atoms with van der Waals surface area (Å²) in [7, 11) is -3.24. The van der Waals surface area contributed by atoms with Crippen LogP contribution < -0.4 is 11.2 Å². The number of nitrogen functional groups attached to an aromatic ring is 1. The van der Waals surface area contributed by atoms with E-state index in [1.165, 1.54) is 36.7 Å². The molecular formula is C11H12N4O3S. The highest BCUT2D eigenvalue weighted by molar-refractivity contribution is 7.90. The number of hydrogen-bond donors (Lipinski definition) is 2. The number of amides is 1. The first-order valence-corrected chi connectivity index (χ1v) is 7.16. The minimum Gasteiger partial charge on any atom is -0.323 e. The third-order valence-corrected chi connectivity index (χ3v) is 3.53. The Balaban J connectivity index is 2.14. The highest BCUT2D eigenvalue weighted by Gasteiger charge is 2.10. The monoisotopic (exact) mass is 280 g/mol. The molecule has 0 fully saturated rings. The lowest BCUT2D eigenvalue weighted by molar-refractivity contribution is 0.102. The van der Waals surface area contributed by atoms with Crippen molar-refractivity contribution in [3.05, 3.63) is 42.2 Å². The van der Waals surface area contributed by atoms with Crippen molar-refractivity contribution in [1.82, 2.24) is 9.89 Å². The van der Waals surface area contributed by atoms with Crippen LogP contribution in [0.5, 0.6) is 0 Å². The SMILES string of the molecule is CS(=O)(=O)c1ccc(NC(=O)c2cnn(N)c2)cc1. The molecule has 1 amide bonds. The number of nitrogens with one attached hydrogen (secondary N) is 1. The molecular weight excluding hydrogens is 268 g/mol. The summed E-state index contributed by atoms with van der Waals surface area (Å²) in [5.74, 6) is 4.96. The molecule has 0 saturated carbocycles. The molecule has 0 aliphatic carbocycles. The molecule has 0 unspecified atom stereocenters. The zero-order valence-corrected chi connectivity index (χ0v) is 10.9. The average molecular weight is 280 g/mol. The van der Waals surface area contributed by atoms with E-state index in [-0.39, 0.29) is 10.8 Å². The van der Waals surface area contributed by atoms with Gasteiger partial charge in [-0.3, -0.25) is 4.79 Å².